The van der Waals surface area contributed by atoms with Crippen molar-refractivity contribution in [3.8, 4) is 0 Å². The summed E-state index contributed by atoms with van der Waals surface area (Å²) in [6, 6.07) is -0.189. The van der Waals surface area contributed by atoms with Crippen molar-refractivity contribution in [2.75, 3.05) is 12.4 Å². The highest BCUT2D eigenvalue weighted by Crippen LogP contribution is 2.02. The maximum Gasteiger partial charge on any atom is 0.248 e. The normalized spacial score (nSPS) is 23.0. The van der Waals surface area contributed by atoms with Gasteiger partial charge in [-0.1, -0.05) is 0 Å². The van der Waals surface area contributed by atoms with E-state index in [4.69, 9.17) is 4.74 Å². The Kier molecular flexibility index (Phi) is 3.40. The largest absolute Gasteiger partial charge is 0.480 e. The molecular weight excluding hydrogens is 176 g/mol. The van der Waals surface area contributed by atoms with Gasteiger partial charge in [0.2, 0.25) is 11.8 Å². The molecule has 0 unspecified atom stereocenters. The summed E-state index contributed by atoms with van der Waals surface area (Å²) in [5.41, 5.74) is 0. The first kappa shape index (κ1) is 9.38. The van der Waals surface area contributed by atoms with E-state index in [1.54, 1.807) is 0 Å². The summed E-state index contributed by atoms with van der Waals surface area (Å²) < 4.78 is 5.19. The van der Waals surface area contributed by atoms with Crippen LogP contribution in [0.3, 0.4) is 0 Å². The van der Waals surface area contributed by atoms with Gasteiger partial charge >= 0.3 is 0 Å². The number of nitrogens with zero attached hydrogens (tertiary/aromatic N) is 1. The van der Waals surface area contributed by atoms with Crippen LogP contribution in [0.15, 0.2) is 4.99 Å². The molecule has 12 heavy (non-hydrogen) atoms. The van der Waals surface area contributed by atoms with E-state index in [0.717, 1.165) is 0 Å². The maximum absolute atomic E-state index is 10.8. The van der Waals surface area contributed by atoms with Crippen molar-refractivity contribution >= 4 is 24.4 Å². The lowest BCUT2D eigenvalue weighted by molar-refractivity contribution is -0.118. The van der Waals surface area contributed by atoms with Gasteiger partial charge in [0, 0.05) is 5.75 Å². The Morgan fingerprint density at radius 2 is 2.58 bits per heavy atom. The summed E-state index contributed by atoms with van der Waals surface area (Å²) in [5, 5.41) is 2.67. The van der Waals surface area contributed by atoms with Crippen LogP contribution in [0.2, 0.25) is 0 Å². The van der Waals surface area contributed by atoms with Gasteiger partial charge < -0.3 is 10.1 Å². The molecule has 0 aromatic rings. The van der Waals surface area contributed by atoms with Crippen LogP contribution >= 0.6 is 12.6 Å². The Balaban J connectivity index is 2.61. The van der Waals surface area contributed by atoms with E-state index in [9.17, 15) is 4.79 Å². The summed E-state index contributed by atoms with van der Waals surface area (Å²) in [6.45, 7) is 3.63. The van der Waals surface area contributed by atoms with Crippen LogP contribution in [0.4, 0.5) is 0 Å². The van der Waals surface area contributed by atoms with Gasteiger partial charge in [0.05, 0.1) is 6.61 Å². The number of rotatable bonds is 2. The summed E-state index contributed by atoms with van der Waals surface area (Å²) in [5.74, 6) is 0.836. The maximum atomic E-state index is 10.8. The van der Waals surface area contributed by atoms with Crippen molar-refractivity contribution in [3.63, 3.8) is 0 Å². The molecule has 0 saturated heterocycles. The molecule has 1 radical (unpaired) electrons. The van der Waals surface area contributed by atoms with Gasteiger partial charge in [0.25, 0.3) is 0 Å². The molecule has 1 atom stereocenters. The molecule has 67 valence electrons. The van der Waals surface area contributed by atoms with E-state index in [1.165, 1.54) is 6.54 Å². The van der Waals surface area contributed by atoms with Crippen LogP contribution in [0.1, 0.15) is 6.92 Å². The molecule has 0 bridgehead atoms. The van der Waals surface area contributed by atoms with Crippen molar-refractivity contribution in [1.82, 2.24) is 5.32 Å². The van der Waals surface area contributed by atoms with Crippen molar-refractivity contribution in [1.29, 1.82) is 0 Å². The van der Waals surface area contributed by atoms with Gasteiger partial charge in [-0.15, -0.1) is 0 Å². The molecule has 0 aliphatic carbocycles. The second-order valence-electron chi connectivity index (χ2n) is 2.27. The third-order valence-electron chi connectivity index (χ3n) is 1.40. The number of thiol groups is 1. The topological polar surface area (TPSA) is 50.7 Å². The summed E-state index contributed by atoms with van der Waals surface area (Å²) in [4.78, 5) is 14.7. The van der Waals surface area contributed by atoms with E-state index in [-0.39, 0.29) is 11.9 Å². The summed E-state index contributed by atoms with van der Waals surface area (Å²) in [7, 11) is 0. The molecule has 5 heteroatoms. The molecular formula is C7H11N2O2S. The molecule has 1 heterocycles. The zero-order valence-corrected chi connectivity index (χ0v) is 7.67. The predicted molar refractivity (Wildman–Crippen MR) is 49.1 cm³/mol. The Labute approximate surface area is 76.8 Å². The minimum atomic E-state index is -0.197. The number of amides is 1. The van der Waals surface area contributed by atoms with Crippen LogP contribution in [0.25, 0.3) is 0 Å². The van der Waals surface area contributed by atoms with Gasteiger partial charge in [-0.05, 0) is 6.92 Å². The van der Waals surface area contributed by atoms with E-state index < -0.39 is 0 Å². The van der Waals surface area contributed by atoms with Crippen molar-refractivity contribution in [2.24, 2.45) is 4.99 Å². The fourth-order valence-electron chi connectivity index (χ4n) is 0.892. The molecule has 0 aromatic heterocycles. The van der Waals surface area contributed by atoms with E-state index in [1.807, 2.05) is 6.92 Å². The van der Waals surface area contributed by atoms with Gasteiger partial charge in [-0.25, -0.2) is 4.99 Å². The molecule has 1 aliphatic heterocycles. The Bertz CT molecular complexity index is 206. The number of hydrogen-bond donors (Lipinski definition) is 2. The van der Waals surface area contributed by atoms with Crippen LogP contribution in [-0.4, -0.2) is 30.2 Å². The molecule has 4 nitrogen and oxygen atoms in total. The van der Waals surface area contributed by atoms with E-state index in [2.05, 4.69) is 22.9 Å². The standard InChI is InChI=1S/C7H11N2O2S/c1-2-11-7-5(4-12)9-6(10)3-8-7/h3,5,12H,2,4H2,1H3,(H,9,10)/t5-/m0/s1. The number of carbonyl (C=O) groups is 1. The first-order chi connectivity index (χ1) is 5.77. The Hall–Kier alpha value is -0.710. The zero-order valence-electron chi connectivity index (χ0n) is 6.78. The molecule has 1 aliphatic rings. The molecule has 1 rings (SSSR count). The van der Waals surface area contributed by atoms with Gasteiger partial charge in [0.1, 0.15) is 6.04 Å². The molecule has 1 N–H and O–H groups in total. The van der Waals surface area contributed by atoms with Crippen molar-refractivity contribution < 1.29 is 9.53 Å². The van der Waals surface area contributed by atoms with E-state index in [0.29, 0.717) is 18.3 Å². The quantitative estimate of drug-likeness (QED) is 0.598. The summed E-state index contributed by atoms with van der Waals surface area (Å²) >= 11 is 4.07. The number of carbonyl (C=O) groups excluding carboxylic acids is 1. The van der Waals surface area contributed by atoms with Gasteiger partial charge in [0.15, 0.2) is 6.54 Å². The highest BCUT2D eigenvalue weighted by atomic mass is 32.1. The first-order valence-corrected chi connectivity index (χ1v) is 4.36. The number of ether oxygens (including phenoxy) is 1. The average molecular weight is 187 g/mol. The molecule has 0 saturated carbocycles. The first-order valence-electron chi connectivity index (χ1n) is 3.73. The number of aliphatic imine (C=N–C) groups is 1. The van der Waals surface area contributed by atoms with E-state index >= 15 is 0 Å². The Morgan fingerprint density at radius 3 is 3.17 bits per heavy atom. The fraction of sp³-hybridized carbons (Fsp3) is 0.571. The van der Waals surface area contributed by atoms with Crippen molar-refractivity contribution in [3.05, 3.63) is 6.54 Å². The van der Waals surface area contributed by atoms with Gasteiger partial charge in [-0.2, -0.15) is 12.6 Å². The predicted octanol–water partition coefficient (Wildman–Crippen LogP) is 0.0114. The highest BCUT2D eigenvalue weighted by molar-refractivity contribution is 7.80. The number of nitrogens with one attached hydrogen (secondary N) is 1. The monoisotopic (exact) mass is 187 g/mol. The van der Waals surface area contributed by atoms with Gasteiger partial charge in [-0.3, -0.25) is 4.79 Å². The zero-order chi connectivity index (χ0) is 8.97. The number of hydrogen-bond acceptors (Lipinski definition) is 4. The second-order valence-corrected chi connectivity index (χ2v) is 2.64. The lowest BCUT2D eigenvalue weighted by Gasteiger charge is -2.21. The molecule has 0 spiro atoms. The van der Waals surface area contributed by atoms with Crippen molar-refractivity contribution in [2.45, 2.75) is 13.0 Å². The molecule has 1 amide bonds. The van der Waals surface area contributed by atoms with Crippen LogP contribution in [-0.2, 0) is 9.53 Å². The van der Waals surface area contributed by atoms with Crippen LogP contribution in [0.5, 0.6) is 0 Å². The minimum absolute atomic E-state index is 0.189. The average Bonchev–Trinajstić information content (AvgIpc) is 2.08. The lowest BCUT2D eigenvalue weighted by atomic mass is 10.3. The smallest absolute Gasteiger partial charge is 0.248 e. The van der Waals surface area contributed by atoms with Crippen LogP contribution in [0, 0.1) is 6.54 Å². The third-order valence-corrected chi connectivity index (χ3v) is 1.76. The molecule has 0 aromatic carbocycles. The second kappa shape index (κ2) is 4.35. The third kappa shape index (κ3) is 2.14. The highest BCUT2D eigenvalue weighted by Gasteiger charge is 2.22. The fourth-order valence-corrected chi connectivity index (χ4v) is 1.14. The van der Waals surface area contributed by atoms with Crippen LogP contribution < -0.4 is 5.32 Å². The SMILES string of the molecule is CCOC1=N[CH]C(=O)N[C@H]1CS. The lowest BCUT2D eigenvalue weighted by Crippen LogP contribution is -2.46. The minimum Gasteiger partial charge on any atom is -0.480 e. The summed E-state index contributed by atoms with van der Waals surface area (Å²) in [6.07, 6.45) is 0. The Morgan fingerprint density at radius 1 is 1.83 bits per heavy atom. The molecule has 0 fully saturated rings.